The molecule has 1 fully saturated rings. The van der Waals surface area contributed by atoms with Gasteiger partial charge in [-0.2, -0.15) is 4.98 Å². The summed E-state index contributed by atoms with van der Waals surface area (Å²) in [5.41, 5.74) is 3.98. The van der Waals surface area contributed by atoms with Gasteiger partial charge in [0.2, 0.25) is 17.6 Å². The summed E-state index contributed by atoms with van der Waals surface area (Å²) in [6, 6.07) is 24.5. The Morgan fingerprint density at radius 3 is 2.52 bits per heavy atom. The summed E-state index contributed by atoms with van der Waals surface area (Å²) in [4.78, 5) is 31.7. The van der Waals surface area contributed by atoms with E-state index in [4.69, 9.17) is 4.52 Å². The molecule has 7 heteroatoms. The zero-order valence-corrected chi connectivity index (χ0v) is 18.1. The Balaban J connectivity index is 1.34. The van der Waals surface area contributed by atoms with Gasteiger partial charge in [-0.25, -0.2) is 0 Å². The third-order valence-electron chi connectivity index (χ3n) is 5.71. The molecular weight excluding hydrogens is 416 g/mol. The molecule has 5 rings (SSSR count). The van der Waals surface area contributed by atoms with E-state index in [-0.39, 0.29) is 18.2 Å². The van der Waals surface area contributed by atoms with Crippen molar-refractivity contribution in [2.45, 2.75) is 13.3 Å². The molecule has 0 saturated carbocycles. The number of rotatable bonds is 5. The van der Waals surface area contributed by atoms with Crippen molar-refractivity contribution in [1.82, 2.24) is 10.1 Å². The van der Waals surface area contributed by atoms with Crippen molar-refractivity contribution in [3.05, 3.63) is 84.4 Å². The van der Waals surface area contributed by atoms with Gasteiger partial charge in [-0.05, 0) is 31.2 Å². The van der Waals surface area contributed by atoms with Gasteiger partial charge in [-0.15, -0.1) is 0 Å². The predicted octanol–water partition coefficient (Wildman–Crippen LogP) is 4.70. The van der Waals surface area contributed by atoms with Crippen LogP contribution in [-0.2, 0) is 9.59 Å². The number of hydrogen-bond acceptors (Lipinski definition) is 5. The minimum Gasteiger partial charge on any atom is -0.334 e. The fourth-order valence-electron chi connectivity index (χ4n) is 3.91. The van der Waals surface area contributed by atoms with Crippen LogP contribution in [0.2, 0.25) is 0 Å². The summed E-state index contributed by atoms with van der Waals surface area (Å²) >= 11 is 0. The van der Waals surface area contributed by atoms with Crippen LogP contribution in [0.5, 0.6) is 0 Å². The molecule has 164 valence electrons. The highest BCUT2D eigenvalue weighted by molar-refractivity contribution is 6.04. The lowest BCUT2D eigenvalue weighted by Gasteiger charge is -2.16. The molecule has 0 aliphatic carbocycles. The van der Waals surface area contributed by atoms with Crippen LogP contribution in [0.3, 0.4) is 0 Å². The Bertz CT molecular complexity index is 1300. The highest BCUT2D eigenvalue weighted by Gasteiger charge is 2.35. The fraction of sp³-hybridized carbons (Fsp3) is 0.154. The van der Waals surface area contributed by atoms with E-state index in [1.54, 1.807) is 11.0 Å². The monoisotopic (exact) mass is 438 g/mol. The van der Waals surface area contributed by atoms with Gasteiger partial charge in [0, 0.05) is 24.2 Å². The summed E-state index contributed by atoms with van der Waals surface area (Å²) in [6.07, 6.45) is 0.168. The predicted molar refractivity (Wildman–Crippen MR) is 125 cm³/mol. The van der Waals surface area contributed by atoms with Gasteiger partial charge in [-0.3, -0.25) is 9.59 Å². The third-order valence-corrected chi connectivity index (χ3v) is 5.71. The summed E-state index contributed by atoms with van der Waals surface area (Å²) in [5, 5.41) is 7.05. The molecular formula is C26H22N4O3. The molecule has 1 aliphatic heterocycles. The van der Waals surface area contributed by atoms with Crippen LogP contribution in [0.15, 0.2) is 83.4 Å². The summed E-state index contributed by atoms with van der Waals surface area (Å²) in [7, 11) is 0. The van der Waals surface area contributed by atoms with Crippen molar-refractivity contribution in [2.24, 2.45) is 5.92 Å². The Labute approximate surface area is 191 Å². The standard InChI is InChI=1S/C26H22N4O3/c1-17-11-13-18(14-12-17)24-28-26(33-29-24)21-9-5-6-10-22(21)27-25(32)19-15-23(31)30(16-19)20-7-3-2-4-8-20/h2-14,19H,15-16H2,1H3,(H,27,32). The first kappa shape index (κ1) is 20.6. The van der Waals surface area contributed by atoms with Crippen molar-refractivity contribution >= 4 is 23.2 Å². The normalized spacial score (nSPS) is 15.6. The number of amides is 2. The Kier molecular flexibility index (Phi) is 5.44. The smallest absolute Gasteiger partial charge is 0.260 e. The number of hydrogen-bond donors (Lipinski definition) is 1. The van der Waals surface area contributed by atoms with Crippen LogP contribution in [0.25, 0.3) is 22.8 Å². The number of benzene rings is 3. The maximum Gasteiger partial charge on any atom is 0.260 e. The van der Waals surface area contributed by atoms with Gasteiger partial charge in [0.1, 0.15) is 0 Å². The molecule has 1 aliphatic rings. The van der Waals surface area contributed by atoms with E-state index in [2.05, 4.69) is 15.5 Å². The SMILES string of the molecule is Cc1ccc(-c2noc(-c3ccccc3NC(=O)C3CC(=O)N(c4ccccc4)C3)n2)cc1. The van der Waals surface area contributed by atoms with Gasteiger partial charge in [0.25, 0.3) is 5.89 Å². The minimum absolute atomic E-state index is 0.0609. The Morgan fingerprint density at radius 1 is 1.00 bits per heavy atom. The number of para-hydroxylation sites is 2. The number of nitrogens with one attached hydrogen (secondary N) is 1. The van der Waals surface area contributed by atoms with Crippen LogP contribution >= 0.6 is 0 Å². The van der Waals surface area contributed by atoms with E-state index < -0.39 is 5.92 Å². The quantitative estimate of drug-likeness (QED) is 0.488. The number of nitrogens with zero attached hydrogens (tertiary/aromatic N) is 3. The maximum atomic E-state index is 13.0. The zero-order chi connectivity index (χ0) is 22.8. The van der Waals surface area contributed by atoms with Crippen LogP contribution in [-0.4, -0.2) is 28.5 Å². The largest absolute Gasteiger partial charge is 0.334 e. The number of aromatic nitrogens is 2. The number of aryl methyl sites for hydroxylation is 1. The Hall–Kier alpha value is -4.26. The van der Waals surface area contributed by atoms with Crippen molar-refractivity contribution in [1.29, 1.82) is 0 Å². The maximum absolute atomic E-state index is 13.0. The molecule has 1 aromatic heterocycles. The van der Waals surface area contributed by atoms with E-state index in [1.807, 2.05) is 79.7 Å². The lowest BCUT2D eigenvalue weighted by molar-refractivity contribution is -0.122. The molecule has 1 saturated heterocycles. The first-order valence-electron chi connectivity index (χ1n) is 10.7. The molecule has 0 spiro atoms. The molecule has 1 unspecified atom stereocenters. The number of carbonyl (C=O) groups is 2. The lowest BCUT2D eigenvalue weighted by atomic mass is 10.1. The molecule has 1 N–H and O–H groups in total. The highest BCUT2D eigenvalue weighted by Crippen LogP contribution is 2.30. The number of anilines is 2. The first-order valence-corrected chi connectivity index (χ1v) is 10.7. The Morgan fingerprint density at radius 2 is 1.73 bits per heavy atom. The van der Waals surface area contributed by atoms with E-state index >= 15 is 0 Å². The molecule has 7 nitrogen and oxygen atoms in total. The first-order chi connectivity index (χ1) is 16.1. The van der Waals surface area contributed by atoms with Crippen LogP contribution in [0.4, 0.5) is 11.4 Å². The van der Waals surface area contributed by atoms with Gasteiger partial charge >= 0.3 is 0 Å². The van der Waals surface area contributed by atoms with Crippen LogP contribution < -0.4 is 10.2 Å². The lowest BCUT2D eigenvalue weighted by Crippen LogP contribution is -2.28. The van der Waals surface area contributed by atoms with Crippen molar-refractivity contribution < 1.29 is 14.1 Å². The van der Waals surface area contributed by atoms with Gasteiger partial charge in [-0.1, -0.05) is 65.3 Å². The molecule has 0 bridgehead atoms. The topological polar surface area (TPSA) is 88.3 Å². The van der Waals surface area contributed by atoms with Crippen molar-refractivity contribution in [2.75, 3.05) is 16.8 Å². The average Bonchev–Trinajstić information content (AvgIpc) is 3.48. The molecule has 33 heavy (non-hydrogen) atoms. The summed E-state index contributed by atoms with van der Waals surface area (Å²) in [6.45, 7) is 2.36. The third kappa shape index (κ3) is 4.25. The summed E-state index contributed by atoms with van der Waals surface area (Å²) < 4.78 is 5.50. The molecule has 2 amide bonds. The fourth-order valence-corrected chi connectivity index (χ4v) is 3.91. The molecule has 2 heterocycles. The second kappa shape index (κ2) is 8.70. The highest BCUT2D eigenvalue weighted by atomic mass is 16.5. The van der Waals surface area contributed by atoms with Crippen LogP contribution in [0.1, 0.15) is 12.0 Å². The molecule has 0 radical (unpaired) electrons. The molecule has 1 atom stereocenters. The van der Waals surface area contributed by atoms with E-state index in [9.17, 15) is 9.59 Å². The minimum atomic E-state index is -0.448. The van der Waals surface area contributed by atoms with Crippen LogP contribution in [0, 0.1) is 12.8 Å². The number of carbonyl (C=O) groups excluding carboxylic acids is 2. The van der Waals surface area contributed by atoms with Crippen molar-refractivity contribution in [3.8, 4) is 22.8 Å². The van der Waals surface area contributed by atoms with Gasteiger partial charge in [0.15, 0.2) is 0 Å². The van der Waals surface area contributed by atoms with E-state index in [0.29, 0.717) is 29.5 Å². The van der Waals surface area contributed by atoms with Crippen molar-refractivity contribution in [3.63, 3.8) is 0 Å². The molecule has 3 aromatic carbocycles. The second-order valence-corrected chi connectivity index (χ2v) is 8.06. The summed E-state index contributed by atoms with van der Waals surface area (Å²) in [5.74, 6) is 0.0688. The molecule has 4 aromatic rings. The van der Waals surface area contributed by atoms with Gasteiger partial charge in [0.05, 0.1) is 17.2 Å². The van der Waals surface area contributed by atoms with E-state index in [1.165, 1.54) is 0 Å². The average molecular weight is 438 g/mol. The zero-order valence-electron chi connectivity index (χ0n) is 18.1. The van der Waals surface area contributed by atoms with Gasteiger partial charge < -0.3 is 14.7 Å². The van der Waals surface area contributed by atoms with E-state index in [0.717, 1.165) is 16.8 Å². The second-order valence-electron chi connectivity index (χ2n) is 8.06.